The Hall–Kier alpha value is -1.26. The highest BCUT2D eigenvalue weighted by molar-refractivity contribution is 7.99. The van der Waals surface area contributed by atoms with Crippen LogP contribution in [0.4, 0.5) is 0 Å². The van der Waals surface area contributed by atoms with Crippen molar-refractivity contribution in [2.24, 2.45) is 0 Å². The van der Waals surface area contributed by atoms with E-state index < -0.39 is 0 Å². The monoisotopic (exact) mass is 275 g/mol. The van der Waals surface area contributed by atoms with Gasteiger partial charge in [0, 0.05) is 28.5 Å². The van der Waals surface area contributed by atoms with Crippen LogP contribution in [0, 0.1) is 0 Å². The lowest BCUT2D eigenvalue weighted by molar-refractivity contribution is 0.595. The van der Waals surface area contributed by atoms with Crippen molar-refractivity contribution in [2.75, 3.05) is 12.3 Å². The minimum absolute atomic E-state index is 0.375. The lowest BCUT2D eigenvalue weighted by Gasteiger charge is -2.08. The molecule has 1 unspecified atom stereocenters. The van der Waals surface area contributed by atoms with E-state index >= 15 is 0 Å². The van der Waals surface area contributed by atoms with Crippen LogP contribution >= 0.6 is 11.8 Å². The van der Waals surface area contributed by atoms with Gasteiger partial charge in [-0.05, 0) is 25.6 Å². The van der Waals surface area contributed by atoms with E-state index in [2.05, 4.69) is 54.7 Å². The van der Waals surface area contributed by atoms with E-state index in [9.17, 15) is 0 Å². The highest BCUT2D eigenvalue weighted by Crippen LogP contribution is 2.17. The van der Waals surface area contributed by atoms with E-state index in [0.717, 1.165) is 18.8 Å². The van der Waals surface area contributed by atoms with Crippen molar-refractivity contribution in [1.29, 1.82) is 0 Å². The molecule has 0 aliphatic carbocycles. The van der Waals surface area contributed by atoms with E-state index in [4.69, 9.17) is 0 Å². The minimum atomic E-state index is 0.375. The Morgan fingerprint density at radius 3 is 2.84 bits per heavy atom. The van der Waals surface area contributed by atoms with Crippen molar-refractivity contribution >= 4 is 11.8 Å². The Morgan fingerprint density at radius 1 is 1.32 bits per heavy atom. The van der Waals surface area contributed by atoms with E-state index in [1.807, 2.05) is 28.7 Å². The first-order valence-corrected chi connectivity index (χ1v) is 7.71. The molecule has 1 atom stereocenters. The molecule has 2 rings (SSSR count). The maximum Gasteiger partial charge on any atom is 0.0537 e. The largest absolute Gasteiger partial charge is 0.310 e. The number of nitrogens with one attached hydrogen (secondary N) is 1. The van der Waals surface area contributed by atoms with Gasteiger partial charge in [0.15, 0.2) is 0 Å². The van der Waals surface area contributed by atoms with Gasteiger partial charge < -0.3 is 5.32 Å². The number of aromatic nitrogens is 2. The molecule has 0 bridgehead atoms. The summed E-state index contributed by atoms with van der Waals surface area (Å²) >= 11 is 1.87. The molecule has 0 aliphatic rings. The second-order valence-corrected chi connectivity index (χ2v) is 5.65. The standard InChI is InChI=1S/C15H21N3S/c1-3-16-13(2)14-11-17-18(12-14)9-10-19-15-7-5-4-6-8-15/h4-8,11-13,16H,3,9-10H2,1-2H3. The summed E-state index contributed by atoms with van der Waals surface area (Å²) in [5.74, 6) is 1.04. The molecule has 1 N–H and O–H groups in total. The average molecular weight is 275 g/mol. The Labute approximate surface area is 119 Å². The van der Waals surface area contributed by atoms with Gasteiger partial charge in [-0.25, -0.2) is 0 Å². The third-order valence-electron chi connectivity index (χ3n) is 3.00. The van der Waals surface area contributed by atoms with Crippen LogP contribution in [-0.2, 0) is 6.54 Å². The molecule has 3 nitrogen and oxygen atoms in total. The molecular formula is C15H21N3S. The van der Waals surface area contributed by atoms with Crippen LogP contribution in [0.25, 0.3) is 0 Å². The number of hydrogen-bond acceptors (Lipinski definition) is 3. The third-order valence-corrected chi connectivity index (χ3v) is 3.99. The summed E-state index contributed by atoms with van der Waals surface area (Å²) in [6, 6.07) is 10.9. The van der Waals surface area contributed by atoms with Gasteiger partial charge in [0.25, 0.3) is 0 Å². The predicted octanol–water partition coefficient (Wildman–Crippen LogP) is 3.35. The van der Waals surface area contributed by atoms with Gasteiger partial charge >= 0.3 is 0 Å². The zero-order valence-corrected chi connectivity index (χ0v) is 12.4. The molecule has 0 spiro atoms. The van der Waals surface area contributed by atoms with Crippen molar-refractivity contribution in [2.45, 2.75) is 31.3 Å². The van der Waals surface area contributed by atoms with Crippen LogP contribution in [0.5, 0.6) is 0 Å². The molecule has 1 heterocycles. The summed E-state index contributed by atoms with van der Waals surface area (Å²) in [6.07, 6.45) is 4.10. The first-order valence-electron chi connectivity index (χ1n) is 6.73. The molecule has 19 heavy (non-hydrogen) atoms. The van der Waals surface area contributed by atoms with Crippen molar-refractivity contribution in [3.63, 3.8) is 0 Å². The maximum absolute atomic E-state index is 4.41. The number of rotatable bonds is 7. The Balaban J connectivity index is 1.80. The van der Waals surface area contributed by atoms with Crippen LogP contribution in [0.2, 0.25) is 0 Å². The lowest BCUT2D eigenvalue weighted by atomic mass is 10.2. The van der Waals surface area contributed by atoms with Crippen molar-refractivity contribution in [3.05, 3.63) is 48.3 Å². The Kier molecular flexibility index (Phi) is 5.48. The molecule has 1 aromatic carbocycles. The summed E-state index contributed by atoms with van der Waals surface area (Å²) in [5, 5.41) is 7.81. The number of benzene rings is 1. The van der Waals surface area contributed by atoms with Gasteiger partial charge in [-0.3, -0.25) is 4.68 Å². The highest BCUT2D eigenvalue weighted by Gasteiger charge is 2.06. The van der Waals surface area contributed by atoms with Crippen LogP contribution in [-0.4, -0.2) is 22.1 Å². The fraction of sp³-hybridized carbons (Fsp3) is 0.400. The second kappa shape index (κ2) is 7.36. The quantitative estimate of drug-likeness (QED) is 0.786. The minimum Gasteiger partial charge on any atom is -0.310 e. The van der Waals surface area contributed by atoms with Gasteiger partial charge in [-0.2, -0.15) is 5.10 Å². The smallest absolute Gasteiger partial charge is 0.0537 e. The molecular weight excluding hydrogens is 254 g/mol. The number of aryl methyl sites for hydroxylation is 1. The average Bonchev–Trinajstić information content (AvgIpc) is 2.89. The molecule has 0 saturated heterocycles. The third kappa shape index (κ3) is 4.40. The van der Waals surface area contributed by atoms with Crippen LogP contribution in [0.3, 0.4) is 0 Å². The van der Waals surface area contributed by atoms with Crippen LogP contribution < -0.4 is 5.32 Å². The molecule has 0 amide bonds. The Morgan fingerprint density at radius 2 is 2.11 bits per heavy atom. The number of nitrogens with zero attached hydrogens (tertiary/aromatic N) is 2. The molecule has 0 aliphatic heterocycles. The fourth-order valence-corrected chi connectivity index (χ4v) is 2.79. The van der Waals surface area contributed by atoms with E-state index in [-0.39, 0.29) is 0 Å². The SMILES string of the molecule is CCNC(C)c1cnn(CCSc2ccccc2)c1. The molecule has 4 heteroatoms. The fourth-order valence-electron chi connectivity index (χ4n) is 1.92. The second-order valence-electron chi connectivity index (χ2n) is 4.48. The van der Waals surface area contributed by atoms with Gasteiger partial charge in [-0.1, -0.05) is 25.1 Å². The van der Waals surface area contributed by atoms with Crippen LogP contribution in [0.1, 0.15) is 25.5 Å². The molecule has 102 valence electrons. The number of thioether (sulfide) groups is 1. The van der Waals surface area contributed by atoms with E-state index in [1.54, 1.807) is 0 Å². The topological polar surface area (TPSA) is 29.9 Å². The molecule has 0 fully saturated rings. The van der Waals surface area contributed by atoms with Crippen molar-refractivity contribution in [3.8, 4) is 0 Å². The van der Waals surface area contributed by atoms with Crippen molar-refractivity contribution < 1.29 is 0 Å². The van der Waals surface area contributed by atoms with Gasteiger partial charge in [0.1, 0.15) is 0 Å². The lowest BCUT2D eigenvalue weighted by Crippen LogP contribution is -2.17. The van der Waals surface area contributed by atoms with E-state index in [1.165, 1.54) is 10.5 Å². The highest BCUT2D eigenvalue weighted by atomic mass is 32.2. The first kappa shape index (κ1) is 14.2. The normalized spacial score (nSPS) is 12.5. The molecule has 1 aromatic heterocycles. The predicted molar refractivity (Wildman–Crippen MR) is 81.5 cm³/mol. The molecule has 0 saturated carbocycles. The Bertz CT molecular complexity index is 481. The van der Waals surface area contributed by atoms with Crippen LogP contribution in [0.15, 0.2) is 47.6 Å². The zero-order valence-electron chi connectivity index (χ0n) is 11.5. The van der Waals surface area contributed by atoms with Gasteiger partial charge in [0.2, 0.25) is 0 Å². The zero-order chi connectivity index (χ0) is 13.5. The van der Waals surface area contributed by atoms with Gasteiger partial charge in [0.05, 0.1) is 12.7 Å². The maximum atomic E-state index is 4.41. The summed E-state index contributed by atoms with van der Waals surface area (Å²) in [6.45, 7) is 6.22. The molecule has 2 aromatic rings. The first-order chi connectivity index (χ1) is 9.29. The van der Waals surface area contributed by atoms with Crippen molar-refractivity contribution in [1.82, 2.24) is 15.1 Å². The number of hydrogen-bond donors (Lipinski definition) is 1. The summed E-state index contributed by atoms with van der Waals surface area (Å²) in [7, 11) is 0. The summed E-state index contributed by atoms with van der Waals surface area (Å²) < 4.78 is 2.03. The summed E-state index contributed by atoms with van der Waals surface area (Å²) in [5.41, 5.74) is 1.26. The molecule has 0 radical (unpaired) electrons. The summed E-state index contributed by atoms with van der Waals surface area (Å²) in [4.78, 5) is 1.32. The van der Waals surface area contributed by atoms with Gasteiger partial charge in [-0.15, -0.1) is 11.8 Å². The van der Waals surface area contributed by atoms with E-state index in [0.29, 0.717) is 6.04 Å².